The number of sulfonamides is 1. The van der Waals surface area contributed by atoms with Crippen LogP contribution in [0.3, 0.4) is 0 Å². The minimum Gasteiger partial charge on any atom is -0.377 e. The average molecular weight is 409 g/mol. The van der Waals surface area contributed by atoms with Crippen LogP contribution in [-0.4, -0.2) is 45.0 Å². The number of hydrogen-bond acceptors (Lipinski definition) is 4. The molecule has 1 saturated heterocycles. The molecule has 1 heterocycles. The Morgan fingerprint density at radius 2 is 1.75 bits per heavy atom. The highest BCUT2D eigenvalue weighted by atomic mass is 32.2. The molecule has 2 N–H and O–H groups in total. The predicted molar refractivity (Wildman–Crippen MR) is 114 cm³/mol. The van der Waals surface area contributed by atoms with Crippen LogP contribution in [0.15, 0.2) is 30.3 Å². The van der Waals surface area contributed by atoms with Crippen molar-refractivity contribution >= 4 is 10.0 Å². The maximum Gasteiger partial charge on any atom is 0.209 e. The van der Waals surface area contributed by atoms with Gasteiger partial charge in [0, 0.05) is 17.6 Å². The van der Waals surface area contributed by atoms with Crippen LogP contribution in [0, 0.1) is 0 Å². The first kappa shape index (κ1) is 21.8. The molecule has 0 spiro atoms. The Balaban J connectivity index is 1.54. The van der Waals surface area contributed by atoms with E-state index in [1.54, 1.807) is 0 Å². The van der Waals surface area contributed by atoms with E-state index in [0.717, 1.165) is 44.9 Å². The third kappa shape index (κ3) is 5.56. The van der Waals surface area contributed by atoms with Crippen LogP contribution in [0.25, 0.3) is 0 Å². The predicted octanol–water partition coefficient (Wildman–Crippen LogP) is 3.57. The van der Waals surface area contributed by atoms with Crippen molar-refractivity contribution in [2.24, 2.45) is 0 Å². The number of ether oxygens (including phenoxy) is 1. The molecule has 6 heteroatoms. The van der Waals surface area contributed by atoms with E-state index < -0.39 is 10.0 Å². The highest BCUT2D eigenvalue weighted by Crippen LogP contribution is 2.35. The summed E-state index contributed by atoms with van der Waals surface area (Å²) in [5, 5.41) is 3.70. The molecule has 1 aromatic rings. The van der Waals surface area contributed by atoms with Crippen molar-refractivity contribution in [2.75, 3.05) is 12.9 Å². The second kappa shape index (κ2) is 9.24. The molecule has 3 rings (SSSR count). The first-order valence-corrected chi connectivity index (χ1v) is 12.6. The molecule has 5 nitrogen and oxygen atoms in total. The van der Waals surface area contributed by atoms with E-state index in [0.29, 0.717) is 12.5 Å². The Kier molecular flexibility index (Phi) is 7.18. The molecule has 1 unspecified atom stereocenters. The lowest BCUT2D eigenvalue weighted by molar-refractivity contribution is 0.0111. The summed E-state index contributed by atoms with van der Waals surface area (Å²) < 4.78 is 32.8. The normalized spacial score (nSPS) is 30.4. The minimum atomic E-state index is -3.23. The standard InChI is InChI=1S/C22H36N2O3S/c1-4-22(5-2)15-20(24-28(3,25)26)21(23-22)16-27-19-13-11-18(12-14-19)17-9-7-6-8-10-17/h6-10,18-21,23-24H,4-5,11-16H2,1-3H3/t18?,19?,20-,21?/m0/s1. The first-order chi connectivity index (χ1) is 13.3. The Bertz CT molecular complexity index is 711. The van der Waals surface area contributed by atoms with Gasteiger partial charge in [0.05, 0.1) is 19.0 Å². The zero-order valence-corrected chi connectivity index (χ0v) is 18.3. The number of benzene rings is 1. The van der Waals surface area contributed by atoms with Crippen molar-refractivity contribution in [2.45, 2.75) is 88.4 Å². The van der Waals surface area contributed by atoms with Crippen molar-refractivity contribution in [3.05, 3.63) is 35.9 Å². The van der Waals surface area contributed by atoms with Gasteiger partial charge in [0.1, 0.15) is 0 Å². The Labute approximate surface area is 170 Å². The van der Waals surface area contributed by atoms with Gasteiger partial charge in [0.25, 0.3) is 0 Å². The summed E-state index contributed by atoms with van der Waals surface area (Å²) in [4.78, 5) is 0. The van der Waals surface area contributed by atoms with Crippen LogP contribution in [0.4, 0.5) is 0 Å². The summed E-state index contributed by atoms with van der Waals surface area (Å²) in [6, 6.07) is 10.7. The van der Waals surface area contributed by atoms with Gasteiger partial charge in [-0.3, -0.25) is 0 Å². The van der Waals surface area contributed by atoms with E-state index in [-0.39, 0.29) is 23.7 Å². The molecule has 0 amide bonds. The summed E-state index contributed by atoms with van der Waals surface area (Å²) in [6.07, 6.45) is 8.78. The molecular weight excluding hydrogens is 372 g/mol. The number of hydrogen-bond donors (Lipinski definition) is 2. The van der Waals surface area contributed by atoms with Crippen LogP contribution in [0.2, 0.25) is 0 Å². The van der Waals surface area contributed by atoms with E-state index in [1.807, 2.05) is 0 Å². The molecule has 158 valence electrons. The van der Waals surface area contributed by atoms with E-state index in [2.05, 4.69) is 54.2 Å². The van der Waals surface area contributed by atoms with E-state index in [1.165, 1.54) is 11.8 Å². The second-order valence-corrected chi connectivity index (χ2v) is 10.4. The van der Waals surface area contributed by atoms with E-state index in [9.17, 15) is 8.42 Å². The number of rotatable bonds is 8. The molecular formula is C22H36N2O3S. The lowest BCUT2D eigenvalue weighted by Crippen LogP contribution is -2.48. The van der Waals surface area contributed by atoms with E-state index >= 15 is 0 Å². The fraction of sp³-hybridized carbons (Fsp3) is 0.727. The Morgan fingerprint density at radius 3 is 2.32 bits per heavy atom. The summed E-state index contributed by atoms with van der Waals surface area (Å²) in [7, 11) is -3.23. The summed E-state index contributed by atoms with van der Waals surface area (Å²) in [5.41, 5.74) is 1.44. The fourth-order valence-electron chi connectivity index (χ4n) is 4.94. The number of nitrogens with one attached hydrogen (secondary N) is 2. The first-order valence-electron chi connectivity index (χ1n) is 10.8. The zero-order chi connectivity index (χ0) is 20.2. The van der Waals surface area contributed by atoms with Crippen molar-refractivity contribution in [3.8, 4) is 0 Å². The zero-order valence-electron chi connectivity index (χ0n) is 17.5. The molecule has 28 heavy (non-hydrogen) atoms. The van der Waals surface area contributed by atoms with Crippen LogP contribution >= 0.6 is 0 Å². The average Bonchev–Trinajstić information content (AvgIpc) is 3.04. The maximum absolute atomic E-state index is 11.8. The summed E-state index contributed by atoms with van der Waals surface area (Å²) in [6.45, 7) is 4.90. The Morgan fingerprint density at radius 1 is 1.11 bits per heavy atom. The monoisotopic (exact) mass is 408 g/mol. The van der Waals surface area contributed by atoms with Crippen molar-refractivity contribution in [3.63, 3.8) is 0 Å². The van der Waals surface area contributed by atoms with Crippen LogP contribution in [-0.2, 0) is 14.8 Å². The smallest absolute Gasteiger partial charge is 0.209 e. The van der Waals surface area contributed by atoms with Gasteiger partial charge in [-0.2, -0.15) is 0 Å². The molecule has 1 aliphatic carbocycles. The van der Waals surface area contributed by atoms with Crippen LogP contribution in [0.1, 0.15) is 70.3 Å². The summed E-state index contributed by atoms with van der Waals surface area (Å²) >= 11 is 0. The van der Waals surface area contributed by atoms with Crippen molar-refractivity contribution < 1.29 is 13.2 Å². The van der Waals surface area contributed by atoms with Gasteiger partial charge in [-0.05, 0) is 56.4 Å². The fourth-order valence-corrected chi connectivity index (χ4v) is 5.74. The molecule has 1 saturated carbocycles. The van der Waals surface area contributed by atoms with Gasteiger partial charge < -0.3 is 10.1 Å². The highest BCUT2D eigenvalue weighted by Gasteiger charge is 2.43. The van der Waals surface area contributed by atoms with Gasteiger partial charge in [0.15, 0.2) is 0 Å². The Hall–Kier alpha value is -0.950. The molecule has 2 aliphatic rings. The second-order valence-electron chi connectivity index (χ2n) is 8.66. The van der Waals surface area contributed by atoms with Gasteiger partial charge in [-0.25, -0.2) is 13.1 Å². The lowest BCUT2D eigenvalue weighted by Gasteiger charge is -2.31. The van der Waals surface area contributed by atoms with E-state index in [4.69, 9.17) is 4.74 Å². The van der Waals surface area contributed by atoms with Gasteiger partial charge in [-0.15, -0.1) is 0 Å². The maximum atomic E-state index is 11.8. The van der Waals surface area contributed by atoms with Crippen molar-refractivity contribution in [1.82, 2.24) is 10.0 Å². The third-order valence-corrected chi connectivity index (χ3v) is 7.49. The quantitative estimate of drug-likeness (QED) is 0.690. The molecule has 2 atom stereocenters. The highest BCUT2D eigenvalue weighted by molar-refractivity contribution is 7.88. The molecule has 0 bridgehead atoms. The molecule has 0 radical (unpaired) electrons. The minimum absolute atomic E-state index is 0.00134. The molecule has 1 aliphatic heterocycles. The van der Waals surface area contributed by atoms with Gasteiger partial charge in [0.2, 0.25) is 10.0 Å². The van der Waals surface area contributed by atoms with Gasteiger partial charge >= 0.3 is 0 Å². The SMILES string of the molecule is CCC1(CC)C[C@H](NS(C)(=O)=O)C(COC2CCC(c3ccccc3)CC2)N1. The molecule has 1 aromatic carbocycles. The van der Waals surface area contributed by atoms with Crippen molar-refractivity contribution in [1.29, 1.82) is 0 Å². The van der Waals surface area contributed by atoms with Crippen LogP contribution < -0.4 is 10.0 Å². The molecule has 0 aromatic heterocycles. The topological polar surface area (TPSA) is 67.4 Å². The molecule has 2 fully saturated rings. The van der Waals surface area contributed by atoms with Gasteiger partial charge in [-0.1, -0.05) is 44.2 Å². The summed E-state index contributed by atoms with van der Waals surface area (Å²) in [5.74, 6) is 0.637. The lowest BCUT2D eigenvalue weighted by atomic mass is 9.83. The van der Waals surface area contributed by atoms with Crippen LogP contribution in [0.5, 0.6) is 0 Å². The third-order valence-electron chi connectivity index (χ3n) is 6.76. The largest absolute Gasteiger partial charge is 0.377 e.